The van der Waals surface area contributed by atoms with Crippen molar-refractivity contribution in [3.63, 3.8) is 0 Å². The Kier molecular flexibility index (Phi) is 8.78. The van der Waals surface area contributed by atoms with Gasteiger partial charge in [-0.25, -0.2) is 4.18 Å². The Morgan fingerprint density at radius 2 is 1.71 bits per heavy atom. The van der Waals surface area contributed by atoms with Crippen LogP contribution in [0.15, 0.2) is 23.3 Å². The summed E-state index contributed by atoms with van der Waals surface area (Å²) in [5.41, 5.74) is 1.37. The van der Waals surface area contributed by atoms with Gasteiger partial charge in [-0.3, -0.25) is 9.35 Å². The summed E-state index contributed by atoms with van der Waals surface area (Å²) < 4.78 is 43.9. The van der Waals surface area contributed by atoms with Crippen molar-refractivity contribution in [2.45, 2.75) is 125 Å². The second-order valence-corrected chi connectivity index (χ2v) is 15.9. The van der Waals surface area contributed by atoms with Crippen molar-refractivity contribution in [2.24, 2.45) is 45.8 Å². The monoisotopic (exact) mass is 596 g/mol. The van der Waals surface area contributed by atoms with Crippen molar-refractivity contribution < 1.29 is 36.9 Å². The Morgan fingerprint density at radius 1 is 1.07 bits per heavy atom. The van der Waals surface area contributed by atoms with Gasteiger partial charge >= 0.3 is 16.4 Å². The molecule has 3 N–H and O–H groups in total. The lowest BCUT2D eigenvalue weighted by molar-refractivity contribution is -0.183. The fraction of sp³-hybridized carbons (Fsp3) is 0.844. The number of ether oxygens (including phenoxy) is 1. The Balaban J connectivity index is 1.76. The Hall–Kier alpha value is -1.26. The van der Waals surface area contributed by atoms with Gasteiger partial charge in [-0.1, -0.05) is 66.2 Å². The largest absolute Gasteiger partial charge is 0.459 e. The molecule has 0 aliphatic heterocycles. The lowest BCUT2D eigenvalue weighted by Crippen LogP contribution is -2.64. The van der Waals surface area contributed by atoms with Gasteiger partial charge in [0.25, 0.3) is 0 Å². The van der Waals surface area contributed by atoms with Crippen molar-refractivity contribution in [2.75, 3.05) is 0 Å². The van der Waals surface area contributed by atoms with Crippen molar-refractivity contribution in [3.05, 3.63) is 23.3 Å². The normalized spacial score (nSPS) is 40.9. The zero-order chi connectivity index (χ0) is 30.9. The molecule has 41 heavy (non-hydrogen) atoms. The molecule has 4 aliphatic rings. The fourth-order valence-corrected chi connectivity index (χ4v) is 10.7. The van der Waals surface area contributed by atoms with E-state index < -0.39 is 57.0 Å². The van der Waals surface area contributed by atoms with Crippen molar-refractivity contribution in [1.82, 2.24) is 0 Å². The minimum absolute atomic E-state index is 0.135. The molecule has 0 heterocycles. The molecule has 0 spiro atoms. The molecule has 7 unspecified atom stereocenters. The van der Waals surface area contributed by atoms with Crippen molar-refractivity contribution in [1.29, 1.82) is 0 Å². The topological polar surface area (TPSA) is 130 Å². The van der Waals surface area contributed by atoms with Crippen LogP contribution in [0.5, 0.6) is 0 Å². The molecule has 0 bridgehead atoms. The maximum absolute atomic E-state index is 12.5. The van der Waals surface area contributed by atoms with Gasteiger partial charge in [-0.15, -0.1) is 0 Å². The highest BCUT2D eigenvalue weighted by Crippen LogP contribution is 2.68. The summed E-state index contributed by atoms with van der Waals surface area (Å²) in [6.07, 6.45) is 1.46. The Labute approximate surface area is 246 Å². The third-order valence-electron chi connectivity index (χ3n) is 11.9. The van der Waals surface area contributed by atoms with Crippen LogP contribution in [0.1, 0.15) is 100 Å². The van der Waals surface area contributed by atoms with E-state index in [2.05, 4.69) is 34.3 Å². The molecular formula is C32H52O8S. The average molecular weight is 597 g/mol. The quantitative estimate of drug-likeness (QED) is 0.186. The van der Waals surface area contributed by atoms with Crippen LogP contribution in [0, 0.1) is 45.8 Å². The molecule has 2 saturated carbocycles. The van der Waals surface area contributed by atoms with Gasteiger partial charge < -0.3 is 14.9 Å². The predicted molar refractivity (Wildman–Crippen MR) is 157 cm³/mol. The first-order valence-electron chi connectivity index (χ1n) is 15.4. The van der Waals surface area contributed by atoms with E-state index in [1.165, 1.54) is 18.1 Å². The molecule has 0 amide bonds. The first kappa shape index (κ1) is 32.6. The van der Waals surface area contributed by atoms with Crippen LogP contribution in [0.4, 0.5) is 0 Å². The van der Waals surface area contributed by atoms with Gasteiger partial charge in [0.05, 0.1) is 6.10 Å². The van der Waals surface area contributed by atoms with E-state index >= 15 is 0 Å². The first-order chi connectivity index (χ1) is 18.8. The standard InChI is InChI=1S/C32H52O8S/c1-17(2)18(3)10-11-19(4)22-13-14-23-21-12-15-25-30(6,7)28(40-41(36,37)38)24(34)16-31(25,8)26(21)27(35)29(32(22,23)9)39-20(5)33/h17,19,22-25,27-29,34-35H,3,10-16H2,1-2,4-9H3,(H,36,37,38)/t19?,22?,23?,24?,25-,27+,28?,29-,31?,32?/m0/s1. The summed E-state index contributed by atoms with van der Waals surface area (Å²) in [6, 6.07) is 0. The minimum atomic E-state index is -4.78. The number of esters is 1. The molecule has 0 radical (unpaired) electrons. The number of carbonyl (C=O) groups excluding carboxylic acids is 1. The van der Waals surface area contributed by atoms with E-state index in [0.29, 0.717) is 11.8 Å². The van der Waals surface area contributed by atoms with Crippen LogP contribution in [-0.4, -0.2) is 53.6 Å². The number of hydrogen-bond donors (Lipinski definition) is 3. The number of carbonyl (C=O) groups is 1. The van der Waals surface area contributed by atoms with Gasteiger partial charge in [0.1, 0.15) is 18.3 Å². The van der Waals surface area contributed by atoms with Gasteiger partial charge in [-0.05, 0) is 90.9 Å². The predicted octanol–water partition coefficient (Wildman–Crippen LogP) is 5.65. The molecule has 4 aliphatic carbocycles. The number of allylic oxidation sites excluding steroid dienone is 2. The number of aliphatic hydroxyl groups is 2. The van der Waals surface area contributed by atoms with E-state index in [0.717, 1.165) is 44.1 Å². The maximum Gasteiger partial charge on any atom is 0.397 e. The molecule has 0 aromatic rings. The smallest absolute Gasteiger partial charge is 0.397 e. The minimum Gasteiger partial charge on any atom is -0.459 e. The highest BCUT2D eigenvalue weighted by molar-refractivity contribution is 7.80. The van der Waals surface area contributed by atoms with Gasteiger partial charge in [0.2, 0.25) is 0 Å². The lowest BCUT2D eigenvalue weighted by atomic mass is 9.44. The van der Waals surface area contributed by atoms with Crippen LogP contribution in [-0.2, 0) is 24.1 Å². The van der Waals surface area contributed by atoms with Gasteiger partial charge in [0, 0.05) is 12.3 Å². The summed E-state index contributed by atoms with van der Waals surface area (Å²) in [5.74, 6) is 0.615. The highest BCUT2D eigenvalue weighted by Gasteiger charge is 2.67. The molecule has 0 saturated heterocycles. The van der Waals surface area contributed by atoms with Gasteiger partial charge in [0.15, 0.2) is 0 Å². The van der Waals surface area contributed by atoms with E-state index in [9.17, 15) is 28.0 Å². The highest BCUT2D eigenvalue weighted by atomic mass is 32.3. The molecule has 0 aromatic carbocycles. The number of hydrogen-bond acceptors (Lipinski definition) is 7. The third-order valence-corrected chi connectivity index (χ3v) is 12.4. The van der Waals surface area contributed by atoms with E-state index in [1.54, 1.807) is 0 Å². The van der Waals surface area contributed by atoms with E-state index in [1.807, 2.05) is 20.8 Å². The third kappa shape index (κ3) is 5.47. The zero-order valence-electron chi connectivity index (χ0n) is 26.1. The number of rotatable bonds is 8. The summed E-state index contributed by atoms with van der Waals surface area (Å²) in [6.45, 7) is 20.2. The number of aliphatic hydroxyl groups excluding tert-OH is 2. The average Bonchev–Trinajstić information content (AvgIpc) is 3.19. The van der Waals surface area contributed by atoms with Crippen molar-refractivity contribution >= 4 is 16.4 Å². The van der Waals surface area contributed by atoms with E-state index in [4.69, 9.17) is 8.92 Å². The summed E-state index contributed by atoms with van der Waals surface area (Å²) in [5, 5.41) is 23.5. The molecule has 0 aromatic heterocycles. The second kappa shape index (κ2) is 11.0. The first-order valence-corrected chi connectivity index (χ1v) is 16.7. The zero-order valence-corrected chi connectivity index (χ0v) is 27.0. The van der Waals surface area contributed by atoms with Crippen LogP contribution < -0.4 is 0 Å². The van der Waals surface area contributed by atoms with Crippen molar-refractivity contribution in [3.8, 4) is 0 Å². The summed E-state index contributed by atoms with van der Waals surface area (Å²) >= 11 is 0. The summed E-state index contributed by atoms with van der Waals surface area (Å²) in [4.78, 5) is 12.5. The summed E-state index contributed by atoms with van der Waals surface area (Å²) in [7, 11) is -4.78. The molecule has 10 atom stereocenters. The Morgan fingerprint density at radius 3 is 2.27 bits per heavy atom. The maximum atomic E-state index is 12.5. The Bertz CT molecular complexity index is 1190. The molecule has 234 valence electrons. The molecule has 2 fully saturated rings. The number of fused-ring (bicyclic) bond motifs is 4. The molecule has 9 heteroatoms. The van der Waals surface area contributed by atoms with Crippen LogP contribution in [0.2, 0.25) is 0 Å². The van der Waals surface area contributed by atoms with E-state index in [-0.39, 0.29) is 24.2 Å². The van der Waals surface area contributed by atoms with Crippen LogP contribution in [0.25, 0.3) is 0 Å². The molecule has 4 rings (SSSR count). The second-order valence-electron chi connectivity index (χ2n) is 14.9. The SMILES string of the molecule is C=C(CCC(C)C1CCC2C3=C([C@@H](O)[C@H](OC(C)=O)C21C)C1(C)CC(O)C(OS(=O)(=O)O)C(C)(C)[C@@H]1CC3)C(C)C. The molecule has 8 nitrogen and oxygen atoms in total. The fourth-order valence-electron chi connectivity index (χ4n) is 10.0. The van der Waals surface area contributed by atoms with Gasteiger partial charge in [-0.2, -0.15) is 8.42 Å². The molecular weight excluding hydrogens is 544 g/mol. The van der Waals surface area contributed by atoms with Crippen LogP contribution in [0.3, 0.4) is 0 Å². The lowest BCUT2D eigenvalue weighted by Gasteiger charge is -2.63. The van der Waals surface area contributed by atoms with Crippen LogP contribution >= 0.6 is 0 Å².